The first-order valence-corrected chi connectivity index (χ1v) is 6.21. The van der Waals surface area contributed by atoms with Crippen molar-refractivity contribution in [3.63, 3.8) is 0 Å². The standard InChI is InChI=1S/C13H19N3O2.2ClH/c1-16(10-11-3-2-4-14-8-11)13(17)7-12-9-15-5-6-18-12;;/h2-4,8,12,15H,5-7,9-10H2,1H3;2*1H. The molecule has 114 valence electrons. The summed E-state index contributed by atoms with van der Waals surface area (Å²) in [5.74, 6) is 0.104. The Morgan fingerprint density at radius 2 is 2.35 bits per heavy atom. The highest BCUT2D eigenvalue weighted by Crippen LogP contribution is 2.07. The van der Waals surface area contributed by atoms with E-state index in [1.54, 1.807) is 17.3 Å². The van der Waals surface area contributed by atoms with Crippen LogP contribution in [0.15, 0.2) is 24.5 Å². The average molecular weight is 322 g/mol. The molecule has 1 unspecified atom stereocenters. The number of pyridine rings is 1. The number of carbonyl (C=O) groups is 1. The third-order valence-corrected chi connectivity index (χ3v) is 2.97. The molecule has 2 rings (SSSR count). The molecule has 1 amide bonds. The SMILES string of the molecule is CN(Cc1cccnc1)C(=O)CC1CNCCO1.Cl.Cl. The van der Waals surface area contributed by atoms with Gasteiger partial charge >= 0.3 is 0 Å². The van der Waals surface area contributed by atoms with Crippen molar-refractivity contribution in [3.8, 4) is 0 Å². The van der Waals surface area contributed by atoms with Crippen LogP contribution in [-0.2, 0) is 16.1 Å². The predicted octanol–water partition coefficient (Wildman–Crippen LogP) is 1.26. The molecule has 1 saturated heterocycles. The Kier molecular flexibility index (Phi) is 9.50. The van der Waals surface area contributed by atoms with E-state index >= 15 is 0 Å². The van der Waals surface area contributed by atoms with Crippen molar-refractivity contribution in [2.45, 2.75) is 19.1 Å². The lowest BCUT2D eigenvalue weighted by molar-refractivity contribution is -0.133. The summed E-state index contributed by atoms with van der Waals surface area (Å²) in [5, 5.41) is 3.22. The smallest absolute Gasteiger partial charge is 0.225 e. The number of nitrogens with one attached hydrogen (secondary N) is 1. The number of nitrogens with zero attached hydrogens (tertiary/aromatic N) is 2. The third kappa shape index (κ3) is 6.05. The van der Waals surface area contributed by atoms with E-state index in [0.29, 0.717) is 19.6 Å². The van der Waals surface area contributed by atoms with Crippen molar-refractivity contribution in [2.24, 2.45) is 0 Å². The molecule has 7 heteroatoms. The molecule has 1 atom stereocenters. The van der Waals surface area contributed by atoms with Crippen molar-refractivity contribution in [1.82, 2.24) is 15.2 Å². The Balaban J connectivity index is 0.00000180. The second-order valence-corrected chi connectivity index (χ2v) is 4.51. The second-order valence-electron chi connectivity index (χ2n) is 4.51. The van der Waals surface area contributed by atoms with Crippen LogP contribution in [0.5, 0.6) is 0 Å². The van der Waals surface area contributed by atoms with Crippen LogP contribution >= 0.6 is 24.8 Å². The van der Waals surface area contributed by atoms with Crippen LogP contribution in [0.4, 0.5) is 0 Å². The molecule has 0 aliphatic carbocycles. The first kappa shape index (κ1) is 19.1. The van der Waals surface area contributed by atoms with Crippen molar-refractivity contribution < 1.29 is 9.53 Å². The van der Waals surface area contributed by atoms with E-state index in [9.17, 15) is 4.79 Å². The molecule has 1 aromatic heterocycles. The van der Waals surface area contributed by atoms with E-state index in [4.69, 9.17) is 4.74 Å². The van der Waals surface area contributed by atoms with Crippen LogP contribution in [0.1, 0.15) is 12.0 Å². The normalized spacial score (nSPS) is 17.6. The molecule has 1 aliphatic rings. The summed E-state index contributed by atoms with van der Waals surface area (Å²) < 4.78 is 5.53. The van der Waals surface area contributed by atoms with E-state index < -0.39 is 0 Å². The Morgan fingerprint density at radius 3 is 2.95 bits per heavy atom. The highest BCUT2D eigenvalue weighted by atomic mass is 35.5. The van der Waals surface area contributed by atoms with Gasteiger partial charge in [-0.3, -0.25) is 9.78 Å². The summed E-state index contributed by atoms with van der Waals surface area (Å²) in [6, 6.07) is 3.84. The van der Waals surface area contributed by atoms with Crippen LogP contribution in [0.25, 0.3) is 0 Å². The molecule has 0 radical (unpaired) electrons. The number of aromatic nitrogens is 1. The maximum atomic E-state index is 12.0. The summed E-state index contributed by atoms with van der Waals surface area (Å²) in [4.78, 5) is 17.8. The fourth-order valence-electron chi connectivity index (χ4n) is 1.96. The van der Waals surface area contributed by atoms with Gasteiger partial charge in [0.05, 0.1) is 19.1 Å². The van der Waals surface area contributed by atoms with E-state index in [1.807, 2.05) is 19.2 Å². The summed E-state index contributed by atoms with van der Waals surface area (Å²) in [7, 11) is 1.81. The van der Waals surface area contributed by atoms with Crippen molar-refractivity contribution in [2.75, 3.05) is 26.7 Å². The topological polar surface area (TPSA) is 54.5 Å². The summed E-state index contributed by atoms with van der Waals surface area (Å²) in [6.07, 6.45) is 3.95. The molecular weight excluding hydrogens is 301 g/mol. The van der Waals surface area contributed by atoms with Crippen LogP contribution in [0, 0.1) is 0 Å². The largest absolute Gasteiger partial charge is 0.375 e. The van der Waals surface area contributed by atoms with Crippen LogP contribution in [0.2, 0.25) is 0 Å². The lowest BCUT2D eigenvalue weighted by Crippen LogP contribution is -2.41. The van der Waals surface area contributed by atoms with Gasteiger partial charge in [0.1, 0.15) is 0 Å². The van der Waals surface area contributed by atoms with Gasteiger partial charge in [-0.15, -0.1) is 24.8 Å². The lowest BCUT2D eigenvalue weighted by Gasteiger charge is -2.25. The molecule has 0 spiro atoms. The van der Waals surface area contributed by atoms with Crippen molar-refractivity contribution in [3.05, 3.63) is 30.1 Å². The zero-order valence-electron chi connectivity index (χ0n) is 11.4. The lowest BCUT2D eigenvalue weighted by atomic mass is 10.2. The molecule has 1 N–H and O–H groups in total. The van der Waals surface area contributed by atoms with Gasteiger partial charge in [0.2, 0.25) is 5.91 Å². The molecule has 1 aliphatic heterocycles. The Morgan fingerprint density at radius 1 is 1.55 bits per heavy atom. The van der Waals surface area contributed by atoms with Crippen LogP contribution < -0.4 is 5.32 Å². The zero-order chi connectivity index (χ0) is 12.8. The number of carbonyl (C=O) groups excluding carboxylic acids is 1. The van der Waals surface area contributed by atoms with E-state index in [1.165, 1.54) is 0 Å². The number of hydrogen-bond donors (Lipinski definition) is 1. The molecular formula is C13H21Cl2N3O2. The number of morpholine rings is 1. The van der Waals surface area contributed by atoms with Gasteiger partial charge in [-0.2, -0.15) is 0 Å². The maximum Gasteiger partial charge on any atom is 0.225 e. The fourth-order valence-corrected chi connectivity index (χ4v) is 1.96. The molecule has 1 aromatic rings. The summed E-state index contributed by atoms with van der Waals surface area (Å²) in [6.45, 7) is 2.90. The quantitative estimate of drug-likeness (QED) is 0.907. The third-order valence-electron chi connectivity index (χ3n) is 2.97. The van der Waals surface area contributed by atoms with Gasteiger partial charge in [0.25, 0.3) is 0 Å². The minimum atomic E-state index is 0. The van der Waals surface area contributed by atoms with Gasteiger partial charge < -0.3 is 15.0 Å². The number of hydrogen-bond acceptors (Lipinski definition) is 4. The van der Waals surface area contributed by atoms with Gasteiger partial charge in [-0.05, 0) is 11.6 Å². The van der Waals surface area contributed by atoms with Crippen LogP contribution in [0.3, 0.4) is 0 Å². The molecule has 0 bridgehead atoms. The fraction of sp³-hybridized carbons (Fsp3) is 0.538. The summed E-state index contributed by atoms with van der Waals surface area (Å²) >= 11 is 0. The Bertz CT molecular complexity index is 386. The molecule has 0 aromatic carbocycles. The zero-order valence-corrected chi connectivity index (χ0v) is 13.1. The van der Waals surface area contributed by atoms with E-state index in [2.05, 4.69) is 10.3 Å². The van der Waals surface area contributed by atoms with Gasteiger partial charge in [0, 0.05) is 39.1 Å². The Labute approximate surface area is 131 Å². The van der Waals surface area contributed by atoms with Crippen LogP contribution in [-0.4, -0.2) is 48.6 Å². The Hall–Kier alpha value is -0.880. The molecule has 2 heterocycles. The predicted molar refractivity (Wildman–Crippen MR) is 82.4 cm³/mol. The van der Waals surface area contributed by atoms with Crippen molar-refractivity contribution >= 4 is 30.7 Å². The monoisotopic (exact) mass is 321 g/mol. The highest BCUT2D eigenvalue weighted by molar-refractivity contribution is 5.85. The second kappa shape index (κ2) is 9.94. The number of halogens is 2. The number of rotatable bonds is 4. The minimum absolute atomic E-state index is 0. The summed E-state index contributed by atoms with van der Waals surface area (Å²) in [5.41, 5.74) is 1.04. The first-order valence-electron chi connectivity index (χ1n) is 6.21. The van der Waals surface area contributed by atoms with Gasteiger partial charge in [-0.25, -0.2) is 0 Å². The first-order chi connectivity index (χ1) is 8.75. The molecule has 20 heavy (non-hydrogen) atoms. The minimum Gasteiger partial charge on any atom is -0.375 e. The van der Waals surface area contributed by atoms with Gasteiger partial charge in [0.15, 0.2) is 0 Å². The average Bonchev–Trinajstić information content (AvgIpc) is 2.41. The van der Waals surface area contributed by atoms with E-state index in [0.717, 1.165) is 18.7 Å². The van der Waals surface area contributed by atoms with Gasteiger partial charge in [-0.1, -0.05) is 6.07 Å². The number of ether oxygens (including phenoxy) is 1. The molecule has 0 saturated carbocycles. The molecule has 5 nitrogen and oxygen atoms in total. The molecule has 1 fully saturated rings. The maximum absolute atomic E-state index is 12.0. The number of amides is 1. The highest BCUT2D eigenvalue weighted by Gasteiger charge is 2.19. The van der Waals surface area contributed by atoms with Crippen molar-refractivity contribution in [1.29, 1.82) is 0 Å². The van der Waals surface area contributed by atoms with E-state index in [-0.39, 0.29) is 36.8 Å².